The lowest BCUT2D eigenvalue weighted by Crippen LogP contribution is -2.49. The number of amides is 1. The van der Waals surface area contributed by atoms with Crippen molar-refractivity contribution in [2.45, 2.75) is 0 Å². The fourth-order valence-electron chi connectivity index (χ4n) is 3.01. The number of hydrogen-bond donors (Lipinski definition) is 2. The normalized spacial score (nSPS) is 14.2. The van der Waals surface area contributed by atoms with Crippen molar-refractivity contribution in [2.75, 3.05) is 36.4 Å². The Morgan fingerprint density at radius 1 is 1.00 bits per heavy atom. The highest BCUT2D eigenvalue weighted by Crippen LogP contribution is 2.34. The van der Waals surface area contributed by atoms with E-state index in [1.54, 1.807) is 17.0 Å². The Bertz CT molecular complexity index is 838. The molecule has 1 amide bonds. The van der Waals surface area contributed by atoms with E-state index in [9.17, 15) is 4.79 Å². The maximum absolute atomic E-state index is 12.7. The number of benzene rings is 2. The number of thiocarbonyl (C=S) groups is 1. The minimum atomic E-state index is -0.0594. The molecule has 1 fully saturated rings. The van der Waals surface area contributed by atoms with E-state index in [2.05, 4.69) is 10.2 Å². The van der Waals surface area contributed by atoms with Crippen molar-refractivity contribution in [1.82, 2.24) is 4.90 Å². The number of anilines is 2. The molecule has 8 heteroatoms. The first-order valence-electron chi connectivity index (χ1n) is 8.11. The summed E-state index contributed by atoms with van der Waals surface area (Å²) < 4.78 is 0. The van der Waals surface area contributed by atoms with Crippen LogP contribution < -0.4 is 16.0 Å². The molecule has 1 aliphatic heterocycles. The van der Waals surface area contributed by atoms with Crippen molar-refractivity contribution < 1.29 is 4.79 Å². The molecule has 26 heavy (non-hydrogen) atoms. The third-order valence-corrected chi connectivity index (χ3v) is 4.97. The van der Waals surface area contributed by atoms with Gasteiger partial charge in [-0.3, -0.25) is 4.79 Å². The number of nitrogens with two attached hydrogens (primary N) is 1. The summed E-state index contributed by atoms with van der Waals surface area (Å²) in [5.41, 5.74) is 7.73. The second kappa shape index (κ2) is 8.12. The number of halogens is 2. The monoisotopic (exact) mass is 408 g/mol. The maximum atomic E-state index is 12.7. The Balaban J connectivity index is 1.74. The molecule has 0 atom stereocenters. The van der Waals surface area contributed by atoms with Crippen LogP contribution in [0.2, 0.25) is 10.0 Å². The van der Waals surface area contributed by atoms with Crippen molar-refractivity contribution in [2.24, 2.45) is 5.73 Å². The Hall–Kier alpha value is -2.02. The van der Waals surface area contributed by atoms with Crippen LogP contribution in [0.5, 0.6) is 0 Å². The van der Waals surface area contributed by atoms with Crippen molar-refractivity contribution in [3.8, 4) is 0 Å². The number of carbonyl (C=O) groups is 1. The number of hydrogen-bond acceptors (Lipinski definition) is 3. The van der Waals surface area contributed by atoms with E-state index in [0.717, 1.165) is 11.4 Å². The lowest BCUT2D eigenvalue weighted by Gasteiger charge is -2.37. The largest absolute Gasteiger partial charge is 0.376 e. The summed E-state index contributed by atoms with van der Waals surface area (Å²) in [6.07, 6.45) is 0. The van der Waals surface area contributed by atoms with Crippen LogP contribution in [-0.4, -0.2) is 42.1 Å². The SMILES string of the molecule is NC(=S)Nc1cccc(Cl)c1N1CCN(C(=O)c2ccccc2Cl)CC1. The van der Waals surface area contributed by atoms with Gasteiger partial charge in [-0.1, -0.05) is 41.4 Å². The molecule has 3 N–H and O–H groups in total. The minimum Gasteiger partial charge on any atom is -0.376 e. The molecular weight excluding hydrogens is 391 g/mol. The summed E-state index contributed by atoms with van der Waals surface area (Å²) >= 11 is 17.5. The highest BCUT2D eigenvalue weighted by atomic mass is 35.5. The molecule has 1 heterocycles. The topological polar surface area (TPSA) is 61.6 Å². The molecule has 0 spiro atoms. The summed E-state index contributed by atoms with van der Waals surface area (Å²) in [6.45, 7) is 2.43. The number of nitrogens with zero attached hydrogens (tertiary/aromatic N) is 2. The van der Waals surface area contributed by atoms with Crippen LogP contribution in [0.1, 0.15) is 10.4 Å². The first-order chi connectivity index (χ1) is 12.5. The van der Waals surface area contributed by atoms with Crippen molar-refractivity contribution in [3.05, 3.63) is 58.1 Å². The summed E-state index contributed by atoms with van der Waals surface area (Å²) in [6, 6.07) is 12.6. The van der Waals surface area contributed by atoms with Gasteiger partial charge in [0.1, 0.15) is 0 Å². The third kappa shape index (κ3) is 4.03. The number of piperazine rings is 1. The average Bonchev–Trinajstić information content (AvgIpc) is 2.61. The zero-order chi connectivity index (χ0) is 18.7. The molecule has 0 radical (unpaired) electrons. The van der Waals surface area contributed by atoms with Crippen LogP contribution in [0.3, 0.4) is 0 Å². The summed E-state index contributed by atoms with van der Waals surface area (Å²) in [7, 11) is 0. The zero-order valence-electron chi connectivity index (χ0n) is 13.9. The van der Waals surface area contributed by atoms with Gasteiger partial charge in [0.15, 0.2) is 5.11 Å². The molecular formula is C18H18Cl2N4OS. The predicted octanol–water partition coefficient (Wildman–Crippen LogP) is 3.61. The molecule has 0 aromatic heterocycles. The zero-order valence-corrected chi connectivity index (χ0v) is 16.2. The second-order valence-corrected chi connectivity index (χ2v) is 7.14. The van der Waals surface area contributed by atoms with Crippen LogP contribution in [0.25, 0.3) is 0 Å². The van der Waals surface area contributed by atoms with Crippen molar-refractivity contribution in [3.63, 3.8) is 0 Å². The minimum absolute atomic E-state index is 0.0594. The molecule has 0 saturated carbocycles. The molecule has 0 bridgehead atoms. The standard InChI is InChI=1S/C18H18Cl2N4OS/c19-13-5-2-1-4-12(13)17(25)24-10-8-23(9-11-24)16-14(20)6-3-7-15(16)22-18(21)26/h1-7H,8-11H2,(H3,21,22,26). The molecule has 3 rings (SSSR count). The van der Waals surface area contributed by atoms with E-state index in [0.29, 0.717) is 41.8 Å². The van der Waals surface area contributed by atoms with E-state index in [1.807, 2.05) is 30.3 Å². The molecule has 2 aromatic rings. The predicted molar refractivity (Wildman–Crippen MR) is 111 cm³/mol. The average molecular weight is 409 g/mol. The first kappa shape index (κ1) is 18.8. The van der Waals surface area contributed by atoms with Gasteiger partial charge < -0.3 is 20.9 Å². The molecule has 0 aliphatic carbocycles. The molecule has 0 unspecified atom stereocenters. The van der Waals surface area contributed by atoms with Gasteiger partial charge in [-0.25, -0.2) is 0 Å². The molecule has 5 nitrogen and oxygen atoms in total. The third-order valence-electron chi connectivity index (χ3n) is 4.23. The van der Waals surface area contributed by atoms with Crippen LogP contribution in [-0.2, 0) is 0 Å². The Labute approximate surface area is 167 Å². The van der Waals surface area contributed by atoms with E-state index in [1.165, 1.54) is 0 Å². The fraction of sp³-hybridized carbons (Fsp3) is 0.222. The summed E-state index contributed by atoms with van der Waals surface area (Å²) in [5, 5.41) is 4.22. The Morgan fingerprint density at radius 2 is 1.65 bits per heavy atom. The highest BCUT2D eigenvalue weighted by Gasteiger charge is 2.25. The first-order valence-corrected chi connectivity index (χ1v) is 9.27. The van der Waals surface area contributed by atoms with Crippen LogP contribution >= 0.6 is 35.4 Å². The van der Waals surface area contributed by atoms with Crippen LogP contribution in [0.4, 0.5) is 11.4 Å². The van der Waals surface area contributed by atoms with Gasteiger partial charge in [0.05, 0.1) is 27.0 Å². The summed E-state index contributed by atoms with van der Waals surface area (Å²) in [5.74, 6) is -0.0594. The van der Waals surface area contributed by atoms with Crippen molar-refractivity contribution in [1.29, 1.82) is 0 Å². The lowest BCUT2D eigenvalue weighted by atomic mass is 10.1. The number of nitrogens with one attached hydrogen (secondary N) is 1. The van der Waals surface area contributed by atoms with Gasteiger partial charge in [-0.05, 0) is 36.5 Å². The molecule has 1 saturated heterocycles. The number of carbonyl (C=O) groups excluding carboxylic acids is 1. The highest BCUT2D eigenvalue weighted by molar-refractivity contribution is 7.80. The van der Waals surface area contributed by atoms with E-state index >= 15 is 0 Å². The molecule has 1 aliphatic rings. The van der Waals surface area contributed by atoms with Gasteiger partial charge in [-0.2, -0.15) is 0 Å². The van der Waals surface area contributed by atoms with Crippen LogP contribution in [0.15, 0.2) is 42.5 Å². The van der Waals surface area contributed by atoms with E-state index < -0.39 is 0 Å². The van der Waals surface area contributed by atoms with Gasteiger partial charge in [0.2, 0.25) is 0 Å². The molecule has 2 aromatic carbocycles. The fourth-order valence-corrected chi connectivity index (χ4v) is 3.63. The number of rotatable bonds is 3. The van der Waals surface area contributed by atoms with Crippen molar-refractivity contribution >= 4 is 57.8 Å². The molecule has 136 valence electrons. The number of para-hydroxylation sites is 1. The summed E-state index contributed by atoms with van der Waals surface area (Å²) in [4.78, 5) is 16.6. The van der Waals surface area contributed by atoms with Gasteiger partial charge in [0.25, 0.3) is 5.91 Å². The van der Waals surface area contributed by atoms with Crippen LogP contribution in [0, 0.1) is 0 Å². The van der Waals surface area contributed by atoms with E-state index in [-0.39, 0.29) is 11.0 Å². The van der Waals surface area contributed by atoms with Gasteiger partial charge >= 0.3 is 0 Å². The van der Waals surface area contributed by atoms with E-state index in [4.69, 9.17) is 41.2 Å². The smallest absolute Gasteiger partial charge is 0.255 e. The quantitative estimate of drug-likeness (QED) is 0.759. The van der Waals surface area contributed by atoms with Gasteiger partial charge in [0, 0.05) is 26.2 Å². The lowest BCUT2D eigenvalue weighted by molar-refractivity contribution is 0.0747. The Morgan fingerprint density at radius 3 is 2.31 bits per heavy atom. The Kier molecular flexibility index (Phi) is 5.86. The maximum Gasteiger partial charge on any atom is 0.255 e. The second-order valence-electron chi connectivity index (χ2n) is 5.88. The van der Waals surface area contributed by atoms with Gasteiger partial charge in [-0.15, -0.1) is 0 Å².